The van der Waals surface area contributed by atoms with Crippen LogP contribution in [0.25, 0.3) is 0 Å². The predicted molar refractivity (Wildman–Crippen MR) is 67.2 cm³/mol. The molecule has 1 aliphatic carbocycles. The summed E-state index contributed by atoms with van der Waals surface area (Å²) in [6.07, 6.45) is 10.3. The van der Waals surface area contributed by atoms with Gasteiger partial charge in [0, 0.05) is 25.9 Å². The monoisotopic (exact) mass is 231 g/mol. The third kappa shape index (κ3) is 2.69. The van der Waals surface area contributed by atoms with Crippen molar-refractivity contribution in [2.45, 2.75) is 45.4 Å². The fraction of sp³-hybridized carbons (Fsp3) is 0.714. The molecule has 17 heavy (non-hydrogen) atoms. The molecule has 0 radical (unpaired) electrons. The third-order valence-corrected chi connectivity index (χ3v) is 4.08. The van der Waals surface area contributed by atoms with Gasteiger partial charge in [-0.15, -0.1) is 0 Å². The van der Waals surface area contributed by atoms with Gasteiger partial charge in [0.15, 0.2) is 0 Å². The van der Waals surface area contributed by atoms with Crippen LogP contribution in [0.1, 0.15) is 44.9 Å². The van der Waals surface area contributed by atoms with Gasteiger partial charge >= 0.3 is 0 Å². The van der Waals surface area contributed by atoms with E-state index >= 15 is 0 Å². The van der Waals surface area contributed by atoms with E-state index in [-0.39, 0.29) is 5.41 Å². The summed E-state index contributed by atoms with van der Waals surface area (Å²) in [6, 6.07) is 2.59. The quantitative estimate of drug-likeness (QED) is 0.802. The summed E-state index contributed by atoms with van der Waals surface area (Å²) in [5, 5.41) is 9.48. The Kier molecular flexibility index (Phi) is 3.51. The van der Waals surface area contributed by atoms with Crippen molar-refractivity contribution in [2.24, 2.45) is 18.4 Å². The molecule has 92 valence electrons. The lowest BCUT2D eigenvalue weighted by Gasteiger charge is -2.34. The number of hydrogen-bond acceptors (Lipinski definition) is 2. The first-order chi connectivity index (χ1) is 8.15. The molecule has 1 fully saturated rings. The van der Waals surface area contributed by atoms with Crippen LogP contribution in [-0.2, 0) is 13.5 Å². The van der Waals surface area contributed by atoms with Crippen molar-refractivity contribution in [3.05, 3.63) is 18.2 Å². The highest BCUT2D eigenvalue weighted by molar-refractivity contribution is 5.04. The predicted octanol–water partition coefficient (Wildman–Crippen LogP) is 3.07. The Morgan fingerprint density at radius 1 is 1.65 bits per heavy atom. The van der Waals surface area contributed by atoms with Gasteiger partial charge in [-0.05, 0) is 25.2 Å². The summed E-state index contributed by atoms with van der Waals surface area (Å²) in [5.41, 5.74) is -0.0936. The second kappa shape index (κ2) is 4.91. The highest BCUT2D eigenvalue weighted by Gasteiger charge is 2.34. The first-order valence-electron chi connectivity index (χ1n) is 6.53. The van der Waals surface area contributed by atoms with Crippen molar-refractivity contribution in [1.29, 1.82) is 5.26 Å². The first-order valence-corrected chi connectivity index (χ1v) is 6.53. The maximum atomic E-state index is 9.48. The smallest absolute Gasteiger partial charge is 0.108 e. The topological polar surface area (TPSA) is 41.6 Å². The largest absolute Gasteiger partial charge is 0.338 e. The van der Waals surface area contributed by atoms with Gasteiger partial charge in [-0.3, -0.25) is 0 Å². The number of hydrogen-bond donors (Lipinski definition) is 0. The molecule has 0 N–H and O–H groups in total. The van der Waals surface area contributed by atoms with Gasteiger partial charge in [0.1, 0.15) is 5.82 Å². The van der Waals surface area contributed by atoms with Crippen LogP contribution < -0.4 is 0 Å². The summed E-state index contributed by atoms with van der Waals surface area (Å²) in [7, 11) is 2.02. The van der Waals surface area contributed by atoms with Crippen molar-refractivity contribution >= 4 is 0 Å². The molecule has 0 aromatic carbocycles. The van der Waals surface area contributed by atoms with Crippen LogP contribution in [0.4, 0.5) is 0 Å². The molecule has 1 aromatic heterocycles. The second-order valence-corrected chi connectivity index (χ2v) is 5.55. The number of nitrogens with zero attached hydrogens (tertiary/aromatic N) is 3. The molecule has 0 aliphatic heterocycles. The zero-order chi connectivity index (χ0) is 12.3. The molecule has 1 heterocycles. The van der Waals surface area contributed by atoms with E-state index in [2.05, 4.69) is 22.5 Å². The summed E-state index contributed by atoms with van der Waals surface area (Å²) >= 11 is 0. The molecule has 0 bridgehead atoms. The van der Waals surface area contributed by atoms with E-state index in [9.17, 15) is 5.26 Å². The average Bonchev–Trinajstić information content (AvgIpc) is 2.72. The van der Waals surface area contributed by atoms with Crippen molar-refractivity contribution in [2.75, 3.05) is 0 Å². The molecule has 0 amide bonds. The van der Waals surface area contributed by atoms with E-state index in [4.69, 9.17) is 0 Å². The minimum Gasteiger partial charge on any atom is -0.338 e. The van der Waals surface area contributed by atoms with Gasteiger partial charge in [-0.2, -0.15) is 5.26 Å². The Morgan fingerprint density at radius 2 is 2.47 bits per heavy atom. The van der Waals surface area contributed by atoms with Crippen LogP contribution >= 0.6 is 0 Å². The van der Waals surface area contributed by atoms with Gasteiger partial charge in [0.05, 0.1) is 11.5 Å². The lowest BCUT2D eigenvalue weighted by atomic mass is 9.68. The Balaban J connectivity index is 2.01. The molecule has 1 saturated carbocycles. The van der Waals surface area contributed by atoms with Crippen LogP contribution in [0.3, 0.4) is 0 Å². The van der Waals surface area contributed by atoms with E-state index < -0.39 is 0 Å². The molecule has 3 heteroatoms. The highest BCUT2D eigenvalue weighted by Crippen LogP contribution is 2.42. The van der Waals surface area contributed by atoms with Gasteiger partial charge < -0.3 is 4.57 Å². The van der Waals surface area contributed by atoms with Crippen molar-refractivity contribution in [1.82, 2.24) is 9.55 Å². The molecular formula is C14H21N3. The van der Waals surface area contributed by atoms with Crippen molar-refractivity contribution in [3.63, 3.8) is 0 Å². The van der Waals surface area contributed by atoms with E-state index in [0.717, 1.165) is 31.5 Å². The fourth-order valence-electron chi connectivity index (χ4n) is 3.03. The summed E-state index contributed by atoms with van der Waals surface area (Å²) in [6.45, 7) is 2.27. The van der Waals surface area contributed by atoms with E-state index in [1.54, 1.807) is 0 Å². The summed E-state index contributed by atoms with van der Waals surface area (Å²) in [4.78, 5) is 4.34. The van der Waals surface area contributed by atoms with E-state index in [0.29, 0.717) is 5.92 Å². The van der Waals surface area contributed by atoms with Crippen LogP contribution in [-0.4, -0.2) is 9.55 Å². The molecule has 3 nitrogen and oxygen atoms in total. The van der Waals surface area contributed by atoms with Crippen LogP contribution in [0, 0.1) is 22.7 Å². The Hall–Kier alpha value is -1.30. The molecule has 2 atom stereocenters. The number of aromatic nitrogens is 2. The maximum absolute atomic E-state index is 9.48. The lowest BCUT2D eigenvalue weighted by molar-refractivity contribution is 0.196. The molecule has 2 unspecified atom stereocenters. The Labute approximate surface area is 103 Å². The van der Waals surface area contributed by atoms with Gasteiger partial charge in [-0.25, -0.2) is 4.98 Å². The molecule has 0 spiro atoms. The number of imidazole rings is 1. The van der Waals surface area contributed by atoms with E-state index in [1.165, 1.54) is 12.8 Å². The second-order valence-electron chi connectivity index (χ2n) is 5.55. The molecular weight excluding hydrogens is 210 g/mol. The van der Waals surface area contributed by atoms with Crippen LogP contribution in [0.2, 0.25) is 0 Å². The molecule has 1 aliphatic rings. The van der Waals surface area contributed by atoms with Crippen LogP contribution in [0.5, 0.6) is 0 Å². The number of rotatable bonds is 3. The van der Waals surface area contributed by atoms with Gasteiger partial charge in [-0.1, -0.05) is 19.8 Å². The zero-order valence-electron chi connectivity index (χ0n) is 10.8. The average molecular weight is 231 g/mol. The van der Waals surface area contributed by atoms with Gasteiger partial charge in [0.2, 0.25) is 0 Å². The van der Waals surface area contributed by atoms with Crippen molar-refractivity contribution in [3.8, 4) is 6.07 Å². The SMILES string of the molecule is CC1CCCC(C#N)(CCc2nccn2C)C1. The van der Waals surface area contributed by atoms with Crippen LogP contribution in [0.15, 0.2) is 12.4 Å². The third-order valence-electron chi connectivity index (χ3n) is 4.08. The minimum absolute atomic E-state index is 0.0936. The fourth-order valence-corrected chi connectivity index (χ4v) is 3.03. The Bertz CT molecular complexity index is 415. The lowest BCUT2D eigenvalue weighted by Crippen LogP contribution is -2.27. The van der Waals surface area contributed by atoms with Gasteiger partial charge in [0.25, 0.3) is 0 Å². The standard InChI is InChI=1S/C14H21N3/c1-12-4-3-6-14(10-12,11-15)7-5-13-16-8-9-17(13)2/h8-9,12H,3-7,10H2,1-2H3. The zero-order valence-corrected chi connectivity index (χ0v) is 10.8. The number of aryl methyl sites for hydroxylation is 2. The molecule has 0 saturated heterocycles. The molecule has 2 rings (SSSR count). The number of nitriles is 1. The first kappa shape index (κ1) is 12.2. The summed E-state index contributed by atoms with van der Waals surface area (Å²) in [5.74, 6) is 1.79. The summed E-state index contributed by atoms with van der Waals surface area (Å²) < 4.78 is 2.05. The van der Waals surface area contributed by atoms with Crippen molar-refractivity contribution < 1.29 is 0 Å². The van der Waals surface area contributed by atoms with E-state index in [1.807, 2.05) is 19.4 Å². The normalized spacial score (nSPS) is 28.9. The highest BCUT2D eigenvalue weighted by atomic mass is 15.0. The maximum Gasteiger partial charge on any atom is 0.108 e. The molecule has 1 aromatic rings. The minimum atomic E-state index is -0.0936. The Morgan fingerprint density at radius 3 is 3.06 bits per heavy atom.